The maximum Gasteiger partial charge on any atom is 0.244 e. The third kappa shape index (κ3) is 4.41. The Hall–Kier alpha value is -3.41. The van der Waals surface area contributed by atoms with Gasteiger partial charge in [-0.15, -0.1) is 0 Å². The van der Waals surface area contributed by atoms with Crippen molar-refractivity contribution in [1.82, 2.24) is 9.88 Å². The first-order valence-electron chi connectivity index (χ1n) is 8.59. The number of pyridine rings is 1. The second-order valence-electron chi connectivity index (χ2n) is 6.12. The second kappa shape index (κ2) is 8.31. The van der Waals surface area contributed by atoms with Crippen molar-refractivity contribution in [2.75, 3.05) is 19.0 Å². The minimum atomic E-state index is -0.279. The number of methoxy groups -OCH3 is 1. The third-order valence-corrected chi connectivity index (χ3v) is 4.24. The molecule has 1 aromatic heterocycles. The number of hydrogen-bond donors (Lipinski definition) is 1. The number of rotatable bonds is 6. The number of carbonyl (C=O) groups excluding carboxylic acids is 2. The molecule has 0 radical (unpaired) electrons. The first-order chi connectivity index (χ1) is 13.1. The SMILES string of the molecule is COc1ccccc1CN(CC(=O)Nc1cccc2cccnc12)C(C)=O. The molecule has 0 atom stereocenters. The largest absolute Gasteiger partial charge is 0.496 e. The molecule has 1 heterocycles. The van der Waals surface area contributed by atoms with E-state index in [9.17, 15) is 9.59 Å². The highest BCUT2D eigenvalue weighted by molar-refractivity contribution is 6.01. The monoisotopic (exact) mass is 363 g/mol. The molecule has 0 spiro atoms. The van der Waals surface area contributed by atoms with E-state index in [1.54, 1.807) is 19.4 Å². The third-order valence-electron chi connectivity index (χ3n) is 4.24. The van der Waals surface area contributed by atoms with Crippen LogP contribution >= 0.6 is 0 Å². The van der Waals surface area contributed by atoms with Crippen LogP contribution < -0.4 is 10.1 Å². The molecule has 0 saturated carbocycles. The average molecular weight is 363 g/mol. The predicted molar refractivity (Wildman–Crippen MR) is 104 cm³/mol. The topological polar surface area (TPSA) is 71.5 Å². The molecule has 0 aliphatic heterocycles. The zero-order chi connectivity index (χ0) is 19.2. The Morgan fingerprint density at radius 1 is 1.07 bits per heavy atom. The van der Waals surface area contributed by atoms with Crippen LogP contribution in [-0.4, -0.2) is 35.4 Å². The summed E-state index contributed by atoms with van der Waals surface area (Å²) in [5.41, 5.74) is 2.18. The standard InChI is InChI=1S/C21H21N3O3/c1-15(25)24(13-17-7-3-4-11-19(17)27-2)14-20(26)23-18-10-5-8-16-9-6-12-22-21(16)18/h3-12H,13-14H2,1-2H3,(H,23,26). The lowest BCUT2D eigenvalue weighted by atomic mass is 10.2. The van der Waals surface area contributed by atoms with Crippen molar-refractivity contribution >= 4 is 28.4 Å². The first-order valence-corrected chi connectivity index (χ1v) is 8.59. The highest BCUT2D eigenvalue weighted by atomic mass is 16.5. The summed E-state index contributed by atoms with van der Waals surface area (Å²) in [6, 6.07) is 16.8. The van der Waals surface area contributed by atoms with E-state index in [-0.39, 0.29) is 18.4 Å². The van der Waals surface area contributed by atoms with E-state index in [1.807, 2.05) is 48.5 Å². The summed E-state index contributed by atoms with van der Waals surface area (Å²) in [4.78, 5) is 30.4. The molecule has 2 amide bonds. The van der Waals surface area contributed by atoms with Gasteiger partial charge in [-0.3, -0.25) is 14.6 Å². The van der Waals surface area contributed by atoms with Gasteiger partial charge in [-0.1, -0.05) is 36.4 Å². The van der Waals surface area contributed by atoms with Crippen LogP contribution in [0.15, 0.2) is 60.8 Å². The molecule has 0 aliphatic rings. The maximum atomic E-state index is 12.6. The molecule has 0 saturated heterocycles. The minimum Gasteiger partial charge on any atom is -0.496 e. The van der Waals surface area contributed by atoms with Crippen LogP contribution in [0.25, 0.3) is 10.9 Å². The van der Waals surface area contributed by atoms with Crippen molar-refractivity contribution in [2.45, 2.75) is 13.5 Å². The molecule has 1 N–H and O–H groups in total. The number of para-hydroxylation sites is 2. The van der Waals surface area contributed by atoms with Crippen molar-refractivity contribution < 1.29 is 14.3 Å². The van der Waals surface area contributed by atoms with Crippen molar-refractivity contribution in [3.8, 4) is 5.75 Å². The molecule has 0 fully saturated rings. The van der Waals surface area contributed by atoms with E-state index in [1.165, 1.54) is 11.8 Å². The maximum absolute atomic E-state index is 12.6. The lowest BCUT2D eigenvalue weighted by molar-refractivity contribution is -0.133. The quantitative estimate of drug-likeness (QED) is 0.730. The lowest BCUT2D eigenvalue weighted by Crippen LogP contribution is -2.36. The first kappa shape index (κ1) is 18.4. The number of fused-ring (bicyclic) bond motifs is 1. The van der Waals surface area contributed by atoms with Gasteiger partial charge in [0, 0.05) is 30.6 Å². The fraction of sp³-hybridized carbons (Fsp3) is 0.190. The van der Waals surface area contributed by atoms with E-state index in [2.05, 4.69) is 10.3 Å². The Balaban J connectivity index is 1.74. The fourth-order valence-electron chi connectivity index (χ4n) is 2.89. The van der Waals surface area contributed by atoms with E-state index in [0.29, 0.717) is 23.5 Å². The van der Waals surface area contributed by atoms with Gasteiger partial charge in [0.25, 0.3) is 0 Å². The molecule has 6 heteroatoms. The number of nitrogens with one attached hydrogen (secondary N) is 1. The summed E-state index contributed by atoms with van der Waals surface area (Å²) in [5, 5.41) is 3.80. The van der Waals surface area contributed by atoms with Crippen molar-refractivity contribution in [3.05, 3.63) is 66.4 Å². The summed E-state index contributed by atoms with van der Waals surface area (Å²) in [6.07, 6.45) is 1.68. The van der Waals surface area contributed by atoms with E-state index in [4.69, 9.17) is 4.74 Å². The van der Waals surface area contributed by atoms with Crippen molar-refractivity contribution in [2.24, 2.45) is 0 Å². The van der Waals surface area contributed by atoms with Gasteiger partial charge in [-0.25, -0.2) is 0 Å². The molecule has 3 aromatic rings. The van der Waals surface area contributed by atoms with Crippen LogP contribution in [0, 0.1) is 0 Å². The molecular formula is C21H21N3O3. The van der Waals surface area contributed by atoms with Crippen LogP contribution in [0.5, 0.6) is 5.75 Å². The number of nitrogens with zero attached hydrogens (tertiary/aromatic N) is 2. The summed E-state index contributed by atoms with van der Waals surface area (Å²) < 4.78 is 5.33. The highest BCUT2D eigenvalue weighted by Gasteiger charge is 2.17. The predicted octanol–water partition coefficient (Wildman–Crippen LogP) is 3.23. The van der Waals surface area contributed by atoms with Crippen molar-refractivity contribution in [1.29, 1.82) is 0 Å². The molecule has 6 nitrogen and oxygen atoms in total. The van der Waals surface area contributed by atoms with Gasteiger partial charge in [0.2, 0.25) is 11.8 Å². The van der Waals surface area contributed by atoms with Gasteiger partial charge < -0.3 is 15.0 Å². The summed E-state index contributed by atoms with van der Waals surface area (Å²) >= 11 is 0. The zero-order valence-electron chi connectivity index (χ0n) is 15.3. The average Bonchev–Trinajstić information content (AvgIpc) is 2.68. The van der Waals surface area contributed by atoms with Gasteiger partial charge in [0.1, 0.15) is 12.3 Å². The Kier molecular flexibility index (Phi) is 5.66. The number of anilines is 1. The summed E-state index contributed by atoms with van der Waals surface area (Å²) in [7, 11) is 1.58. The number of carbonyl (C=O) groups is 2. The summed E-state index contributed by atoms with van der Waals surface area (Å²) in [6.45, 7) is 1.68. The van der Waals surface area contributed by atoms with Crippen LogP contribution in [0.1, 0.15) is 12.5 Å². The molecule has 0 aliphatic carbocycles. The Bertz CT molecular complexity index is 966. The van der Waals surface area contributed by atoms with E-state index in [0.717, 1.165) is 10.9 Å². The number of amides is 2. The minimum absolute atomic E-state index is 0.0589. The number of ether oxygens (including phenoxy) is 1. The fourth-order valence-corrected chi connectivity index (χ4v) is 2.89. The van der Waals surface area contributed by atoms with Crippen LogP contribution in [0.3, 0.4) is 0 Å². The second-order valence-corrected chi connectivity index (χ2v) is 6.12. The van der Waals surface area contributed by atoms with Crippen LogP contribution in [0.2, 0.25) is 0 Å². The number of hydrogen-bond acceptors (Lipinski definition) is 4. The normalized spacial score (nSPS) is 10.4. The Labute approximate surface area is 157 Å². The van der Waals surface area contributed by atoms with Gasteiger partial charge in [-0.05, 0) is 18.2 Å². The van der Waals surface area contributed by atoms with Crippen LogP contribution in [0.4, 0.5) is 5.69 Å². The molecule has 138 valence electrons. The molecule has 0 unspecified atom stereocenters. The van der Waals surface area contributed by atoms with Gasteiger partial charge >= 0.3 is 0 Å². The summed E-state index contributed by atoms with van der Waals surface area (Å²) in [5.74, 6) is 0.216. The smallest absolute Gasteiger partial charge is 0.244 e. The Morgan fingerprint density at radius 2 is 1.85 bits per heavy atom. The molecule has 2 aromatic carbocycles. The lowest BCUT2D eigenvalue weighted by Gasteiger charge is -2.22. The van der Waals surface area contributed by atoms with Gasteiger partial charge in [0.05, 0.1) is 18.3 Å². The highest BCUT2D eigenvalue weighted by Crippen LogP contribution is 2.21. The van der Waals surface area contributed by atoms with Crippen LogP contribution in [-0.2, 0) is 16.1 Å². The Morgan fingerprint density at radius 3 is 2.63 bits per heavy atom. The van der Waals surface area contributed by atoms with Gasteiger partial charge in [0.15, 0.2) is 0 Å². The molecule has 0 bridgehead atoms. The van der Waals surface area contributed by atoms with Gasteiger partial charge in [-0.2, -0.15) is 0 Å². The molecule has 3 rings (SSSR count). The van der Waals surface area contributed by atoms with Crippen molar-refractivity contribution in [3.63, 3.8) is 0 Å². The zero-order valence-corrected chi connectivity index (χ0v) is 15.3. The van der Waals surface area contributed by atoms with E-state index >= 15 is 0 Å². The number of benzene rings is 2. The number of aromatic nitrogens is 1. The van der Waals surface area contributed by atoms with E-state index < -0.39 is 0 Å². The molecule has 27 heavy (non-hydrogen) atoms. The molecular weight excluding hydrogens is 342 g/mol.